The number of carbonyl (C=O) groups excluding carboxylic acids is 3. The van der Waals surface area contributed by atoms with Gasteiger partial charge in [-0.1, -0.05) is 67.5 Å². The fourth-order valence-electron chi connectivity index (χ4n) is 6.96. The molecule has 0 bridgehead atoms. The second-order valence-corrected chi connectivity index (χ2v) is 14.9. The summed E-state index contributed by atoms with van der Waals surface area (Å²) >= 11 is 0. The highest BCUT2D eigenvalue weighted by Gasteiger charge is 2.61. The molecule has 5 atom stereocenters. The molecule has 0 unspecified atom stereocenters. The van der Waals surface area contributed by atoms with Gasteiger partial charge >= 0.3 is 18.2 Å². The number of carboxylic acid groups (broad SMARTS) is 1. The molecule has 3 N–H and O–H groups in total. The van der Waals surface area contributed by atoms with Crippen molar-refractivity contribution in [2.24, 2.45) is 5.92 Å². The second-order valence-electron chi connectivity index (χ2n) is 14.9. The van der Waals surface area contributed by atoms with Gasteiger partial charge in [0.25, 0.3) is 0 Å². The Morgan fingerprint density at radius 3 is 2.51 bits per heavy atom. The topological polar surface area (TPSA) is 156 Å². The van der Waals surface area contributed by atoms with Crippen molar-refractivity contribution in [3.63, 3.8) is 0 Å². The van der Waals surface area contributed by atoms with Crippen LogP contribution < -0.4 is 10.6 Å². The first kappa shape index (κ1) is 37.5. The van der Waals surface area contributed by atoms with Crippen LogP contribution in [0.4, 0.5) is 18.0 Å². The molecular weight excluding hydrogens is 693 g/mol. The number of carboxylic acids is 1. The maximum Gasteiger partial charge on any atom is 0.416 e. The number of alkyl halides is 3. The van der Waals surface area contributed by atoms with Crippen molar-refractivity contribution in [2.75, 3.05) is 6.54 Å². The Labute approximate surface area is 304 Å². The molecule has 1 saturated heterocycles. The van der Waals surface area contributed by atoms with E-state index in [0.717, 1.165) is 30.5 Å². The molecule has 2 fully saturated rings. The van der Waals surface area contributed by atoms with Gasteiger partial charge in [0, 0.05) is 24.4 Å². The van der Waals surface area contributed by atoms with Gasteiger partial charge in [0.2, 0.25) is 11.8 Å². The van der Waals surface area contributed by atoms with Crippen molar-refractivity contribution < 1.29 is 42.2 Å². The van der Waals surface area contributed by atoms with Crippen LogP contribution in [0.1, 0.15) is 88.4 Å². The van der Waals surface area contributed by atoms with Crippen molar-refractivity contribution in [2.45, 2.75) is 101 Å². The number of aromatic nitrogens is 3. The summed E-state index contributed by atoms with van der Waals surface area (Å²) in [6, 6.07) is 7.89. The Morgan fingerprint density at radius 1 is 1.06 bits per heavy atom. The summed E-state index contributed by atoms with van der Waals surface area (Å²) in [7, 11) is 0. The quantitative estimate of drug-likeness (QED) is 0.209. The minimum atomic E-state index is -4.67. The van der Waals surface area contributed by atoms with Gasteiger partial charge < -0.3 is 25.4 Å². The molecular formula is C38H43F3N6O6. The molecule has 15 heteroatoms. The molecule has 0 radical (unpaired) electrons. The van der Waals surface area contributed by atoms with Gasteiger partial charge in [0.15, 0.2) is 0 Å². The monoisotopic (exact) mass is 736 g/mol. The Balaban J connectivity index is 1.37. The number of hydrogen-bond donors (Lipinski definition) is 3. The van der Waals surface area contributed by atoms with E-state index in [-0.39, 0.29) is 42.4 Å². The Morgan fingerprint density at radius 2 is 1.81 bits per heavy atom. The standard InChI is InChI=1S/C38H43F3N6O6/c1-36(2,3)53-35(52)42-28-15-11-6-4-5-10-14-25-21-37(25,34(50)51)43-32(48)30-20-27(22-46(30)33(28)49)47-44-29-19-26(38(39,40)41)18-24(31(29)45-47)17-16-23-12-8-7-9-13-23/h7-10,12-14,16-19,25,27-28,30H,4-6,11,15,20-22H2,1-3H3,(H,42,52)(H,43,48)(H,50,51)/t25-,27+,28-,30+,37+/m1/s1. The molecule has 3 aliphatic rings. The molecule has 2 aliphatic heterocycles. The molecule has 3 aromatic rings. The Hall–Kier alpha value is -5.21. The lowest BCUT2D eigenvalue weighted by Gasteiger charge is -2.30. The van der Waals surface area contributed by atoms with E-state index in [1.54, 1.807) is 57.2 Å². The number of rotatable bonds is 5. The number of nitrogens with zero attached hydrogens (tertiary/aromatic N) is 4. The van der Waals surface area contributed by atoms with Gasteiger partial charge in [0.05, 0.1) is 11.6 Å². The third kappa shape index (κ3) is 8.55. The number of hydrogen-bond acceptors (Lipinski definition) is 7. The van der Waals surface area contributed by atoms with Gasteiger partial charge in [-0.25, -0.2) is 9.59 Å². The van der Waals surface area contributed by atoms with Crippen LogP contribution in [0.5, 0.6) is 0 Å². The Bertz CT molecular complexity index is 1940. The van der Waals surface area contributed by atoms with Crippen molar-refractivity contribution in [3.05, 3.63) is 71.3 Å². The molecule has 1 aromatic heterocycles. The van der Waals surface area contributed by atoms with Crippen LogP contribution in [0.15, 0.2) is 54.6 Å². The van der Waals surface area contributed by atoms with Gasteiger partial charge in [-0.15, -0.1) is 0 Å². The number of ether oxygens (including phenoxy) is 1. The van der Waals surface area contributed by atoms with Crippen LogP contribution >= 0.6 is 0 Å². The molecule has 3 amide bonds. The number of aliphatic carboxylic acids is 1. The average Bonchev–Trinajstić information content (AvgIpc) is 3.38. The van der Waals surface area contributed by atoms with E-state index in [1.807, 2.05) is 12.1 Å². The predicted molar refractivity (Wildman–Crippen MR) is 189 cm³/mol. The molecule has 2 aromatic carbocycles. The number of alkyl carbamates (subject to hydrolysis) is 1. The normalized spacial score (nSPS) is 25.7. The lowest BCUT2D eigenvalue weighted by Crippen LogP contribution is -2.56. The van der Waals surface area contributed by atoms with E-state index in [0.29, 0.717) is 12.8 Å². The van der Waals surface area contributed by atoms with E-state index in [1.165, 1.54) is 15.8 Å². The zero-order chi connectivity index (χ0) is 38.1. The lowest BCUT2D eigenvalue weighted by molar-refractivity contribution is -0.145. The van der Waals surface area contributed by atoms with Crippen LogP contribution in [-0.2, 0) is 25.3 Å². The van der Waals surface area contributed by atoms with Gasteiger partial charge in [-0.3, -0.25) is 9.59 Å². The smallest absolute Gasteiger partial charge is 0.416 e. The first-order valence-corrected chi connectivity index (χ1v) is 17.8. The third-order valence-electron chi connectivity index (χ3n) is 9.77. The van der Waals surface area contributed by atoms with Crippen molar-refractivity contribution in [3.8, 4) is 0 Å². The largest absolute Gasteiger partial charge is 0.479 e. The molecule has 0 spiro atoms. The van der Waals surface area contributed by atoms with Crippen LogP contribution in [0, 0.1) is 5.92 Å². The number of amides is 3. The molecule has 282 valence electrons. The summed E-state index contributed by atoms with van der Waals surface area (Å²) in [6.45, 7) is 4.94. The molecule has 1 saturated carbocycles. The van der Waals surface area contributed by atoms with Crippen LogP contribution in [0.25, 0.3) is 23.2 Å². The fourth-order valence-corrected chi connectivity index (χ4v) is 6.96. The maximum atomic E-state index is 14.4. The summed E-state index contributed by atoms with van der Waals surface area (Å²) in [5.74, 6) is -2.91. The van der Waals surface area contributed by atoms with Gasteiger partial charge in [-0.05, 0) is 64.2 Å². The van der Waals surface area contributed by atoms with Crippen LogP contribution in [-0.4, -0.2) is 78.6 Å². The molecule has 12 nitrogen and oxygen atoms in total. The molecule has 53 heavy (non-hydrogen) atoms. The summed E-state index contributed by atoms with van der Waals surface area (Å²) < 4.78 is 47.5. The summed E-state index contributed by atoms with van der Waals surface area (Å²) in [5, 5.41) is 24.5. The summed E-state index contributed by atoms with van der Waals surface area (Å²) in [5.41, 5.74) is -2.21. The maximum absolute atomic E-state index is 14.4. The van der Waals surface area contributed by atoms with E-state index >= 15 is 0 Å². The first-order valence-electron chi connectivity index (χ1n) is 17.8. The number of allylic oxidation sites excluding steroid dienone is 1. The SMILES string of the molecule is CC(C)(C)OC(=O)N[C@@H]1CCCCCC=C[C@@H]2C[C@]2(C(=O)O)NC(=O)[C@@H]2C[C@H](n3nc4cc(C(F)(F)F)cc(C=Cc5ccccc5)c4n3)CN2C1=O. The molecule has 1 aliphatic carbocycles. The van der Waals surface area contributed by atoms with E-state index < -0.39 is 70.8 Å². The highest BCUT2D eigenvalue weighted by atomic mass is 19.4. The first-order chi connectivity index (χ1) is 25.0. The van der Waals surface area contributed by atoms with Gasteiger partial charge in [-0.2, -0.15) is 28.2 Å². The van der Waals surface area contributed by atoms with Crippen LogP contribution in [0.2, 0.25) is 0 Å². The molecule has 6 rings (SSSR count). The van der Waals surface area contributed by atoms with E-state index in [9.17, 15) is 37.5 Å². The third-order valence-corrected chi connectivity index (χ3v) is 9.77. The second kappa shape index (κ2) is 14.7. The molecule has 3 heterocycles. The summed E-state index contributed by atoms with van der Waals surface area (Å²) in [4.78, 5) is 56.3. The number of halogens is 3. The Kier molecular flexibility index (Phi) is 10.4. The van der Waals surface area contributed by atoms with E-state index in [4.69, 9.17) is 4.74 Å². The van der Waals surface area contributed by atoms with Crippen molar-refractivity contribution >= 4 is 47.1 Å². The summed E-state index contributed by atoms with van der Waals surface area (Å²) in [6.07, 6.45) is 4.57. The number of fused-ring (bicyclic) bond motifs is 3. The number of benzene rings is 2. The predicted octanol–water partition coefficient (Wildman–Crippen LogP) is 6.14. The van der Waals surface area contributed by atoms with Crippen molar-refractivity contribution in [1.82, 2.24) is 30.5 Å². The minimum absolute atomic E-state index is 0.0327. The van der Waals surface area contributed by atoms with Crippen molar-refractivity contribution in [1.29, 1.82) is 0 Å². The average molecular weight is 737 g/mol. The van der Waals surface area contributed by atoms with Crippen LogP contribution in [0.3, 0.4) is 0 Å². The zero-order valence-electron chi connectivity index (χ0n) is 29.7. The highest BCUT2D eigenvalue weighted by Crippen LogP contribution is 2.45. The zero-order valence-corrected chi connectivity index (χ0v) is 29.7. The lowest BCUT2D eigenvalue weighted by atomic mass is 10.0. The highest BCUT2D eigenvalue weighted by molar-refractivity contribution is 5.96. The van der Waals surface area contributed by atoms with E-state index in [2.05, 4.69) is 20.8 Å². The number of carbonyl (C=O) groups is 4. The van der Waals surface area contributed by atoms with Gasteiger partial charge in [0.1, 0.15) is 34.3 Å². The number of nitrogens with one attached hydrogen (secondary N) is 2. The fraction of sp³-hybridized carbons (Fsp3) is 0.474. The minimum Gasteiger partial charge on any atom is -0.479 e.